The summed E-state index contributed by atoms with van der Waals surface area (Å²) in [6.45, 7) is 3.91. The second-order valence-electron chi connectivity index (χ2n) is 8.70. The van der Waals surface area contributed by atoms with Crippen molar-refractivity contribution in [2.45, 2.75) is 32.2 Å². The fraction of sp³-hybridized carbons (Fsp3) is 0.357. The number of carbonyl (C=O) groups excluding carboxylic acids is 2. The molecule has 6 heteroatoms. The first-order valence-electron chi connectivity index (χ1n) is 11.8. The molecule has 2 aromatic rings. The third kappa shape index (κ3) is 6.35. The third-order valence-electron chi connectivity index (χ3n) is 5.74. The number of ketones is 1. The van der Waals surface area contributed by atoms with Crippen LogP contribution in [-0.4, -0.2) is 60.4 Å². The number of allylic oxidation sites excluding steroid dienone is 1. The van der Waals surface area contributed by atoms with Gasteiger partial charge in [0.2, 0.25) is 0 Å². The number of amides is 1. The fourth-order valence-electron chi connectivity index (χ4n) is 3.97. The summed E-state index contributed by atoms with van der Waals surface area (Å²) in [6.07, 6.45) is 5.81. The molecule has 1 amide bonds. The second-order valence-corrected chi connectivity index (χ2v) is 8.70. The Labute approximate surface area is 202 Å². The van der Waals surface area contributed by atoms with Crippen LogP contribution in [0.2, 0.25) is 0 Å². The monoisotopic (exact) mass is 462 g/mol. The number of aliphatic hydroxyl groups excluding tert-OH is 1. The number of unbranched alkanes of at least 4 members (excludes halogenated alkanes) is 1. The van der Waals surface area contributed by atoms with Crippen molar-refractivity contribution in [1.29, 1.82) is 0 Å². The first-order valence-corrected chi connectivity index (χ1v) is 11.8. The van der Waals surface area contributed by atoms with Crippen LogP contribution in [-0.2, 0) is 9.59 Å². The summed E-state index contributed by atoms with van der Waals surface area (Å²) >= 11 is 0. The topological polar surface area (TPSA) is 70.1 Å². The van der Waals surface area contributed by atoms with Gasteiger partial charge in [0.15, 0.2) is 11.5 Å². The molecule has 1 unspecified atom stereocenters. The lowest BCUT2D eigenvalue weighted by molar-refractivity contribution is -0.129. The van der Waals surface area contributed by atoms with Crippen molar-refractivity contribution in [3.05, 3.63) is 83.1 Å². The van der Waals surface area contributed by atoms with Crippen LogP contribution in [0.3, 0.4) is 0 Å². The largest absolute Gasteiger partial charge is 0.503 e. The summed E-state index contributed by atoms with van der Waals surface area (Å²) in [6, 6.07) is 16.2. The van der Waals surface area contributed by atoms with Gasteiger partial charge in [-0.2, -0.15) is 0 Å². The van der Waals surface area contributed by atoms with E-state index in [0.717, 1.165) is 36.9 Å². The molecule has 6 nitrogen and oxygen atoms in total. The Morgan fingerprint density at radius 1 is 1.12 bits per heavy atom. The van der Waals surface area contributed by atoms with Crippen molar-refractivity contribution in [3.8, 4) is 5.75 Å². The molecule has 1 heterocycles. The average molecular weight is 463 g/mol. The van der Waals surface area contributed by atoms with E-state index in [2.05, 4.69) is 6.92 Å². The first kappa shape index (κ1) is 25.2. The number of benzene rings is 2. The van der Waals surface area contributed by atoms with Crippen LogP contribution in [0, 0.1) is 0 Å². The van der Waals surface area contributed by atoms with Gasteiger partial charge >= 0.3 is 0 Å². The van der Waals surface area contributed by atoms with E-state index >= 15 is 0 Å². The van der Waals surface area contributed by atoms with Crippen molar-refractivity contribution in [2.24, 2.45) is 0 Å². The van der Waals surface area contributed by atoms with Gasteiger partial charge in [-0.1, -0.05) is 61.9 Å². The number of hydrogen-bond acceptors (Lipinski definition) is 5. The van der Waals surface area contributed by atoms with Crippen molar-refractivity contribution in [2.75, 3.05) is 33.8 Å². The molecule has 3 rings (SSSR count). The SMILES string of the molecule is CCCCOc1cccc(C2C(C(=O)/C=C/c3ccccc3)=C(O)C(=O)N2CCCN(C)C)c1. The average Bonchev–Trinajstić information content (AvgIpc) is 3.08. The van der Waals surface area contributed by atoms with E-state index in [4.69, 9.17) is 4.74 Å². The summed E-state index contributed by atoms with van der Waals surface area (Å²) in [5.74, 6) is -0.691. The van der Waals surface area contributed by atoms with E-state index in [1.807, 2.05) is 73.6 Å². The van der Waals surface area contributed by atoms with Crippen LogP contribution in [0.4, 0.5) is 0 Å². The minimum Gasteiger partial charge on any atom is -0.503 e. The molecule has 0 saturated heterocycles. The standard InChI is InChI=1S/C28H34N2O4/c1-4-5-19-34-23-14-9-13-22(20-23)26-25(24(31)16-15-21-11-7-6-8-12-21)27(32)28(33)30(26)18-10-17-29(2)3/h6-9,11-16,20,26,32H,4-5,10,17-19H2,1-3H3/b16-15+. The summed E-state index contributed by atoms with van der Waals surface area (Å²) in [5.41, 5.74) is 1.71. The Kier molecular flexibility index (Phi) is 9.05. The Morgan fingerprint density at radius 2 is 1.88 bits per heavy atom. The second kappa shape index (κ2) is 12.2. The van der Waals surface area contributed by atoms with Gasteiger partial charge < -0.3 is 19.6 Å². The number of carbonyl (C=O) groups is 2. The number of ether oxygens (including phenoxy) is 1. The molecule has 0 aliphatic carbocycles. The van der Waals surface area contributed by atoms with E-state index in [1.54, 1.807) is 11.0 Å². The summed E-state index contributed by atoms with van der Waals surface area (Å²) in [5, 5.41) is 10.8. The Balaban J connectivity index is 1.93. The minimum atomic E-state index is -0.669. The molecule has 1 N–H and O–H groups in total. The number of rotatable bonds is 12. The molecule has 0 fully saturated rings. The van der Waals surface area contributed by atoms with Gasteiger partial charge in [0.05, 0.1) is 18.2 Å². The van der Waals surface area contributed by atoms with E-state index < -0.39 is 17.7 Å². The molecule has 0 bridgehead atoms. The number of hydrogen-bond donors (Lipinski definition) is 1. The minimum absolute atomic E-state index is 0.104. The first-order chi connectivity index (χ1) is 16.4. The Hall–Kier alpha value is -3.38. The van der Waals surface area contributed by atoms with Crippen LogP contribution in [0.5, 0.6) is 5.75 Å². The highest BCUT2D eigenvalue weighted by atomic mass is 16.5. The maximum absolute atomic E-state index is 13.3. The van der Waals surface area contributed by atoms with Gasteiger partial charge in [0.1, 0.15) is 5.75 Å². The van der Waals surface area contributed by atoms with E-state index in [1.165, 1.54) is 6.08 Å². The Bertz CT molecular complexity index is 1040. The van der Waals surface area contributed by atoms with Crippen molar-refractivity contribution in [1.82, 2.24) is 9.80 Å². The quantitative estimate of drug-likeness (QED) is 0.363. The zero-order valence-corrected chi connectivity index (χ0v) is 20.2. The molecule has 1 atom stereocenters. The summed E-state index contributed by atoms with van der Waals surface area (Å²) in [7, 11) is 3.94. The molecule has 0 aromatic heterocycles. The highest BCUT2D eigenvalue weighted by Gasteiger charge is 2.42. The lowest BCUT2D eigenvalue weighted by Crippen LogP contribution is -2.33. The van der Waals surface area contributed by atoms with Crippen LogP contribution >= 0.6 is 0 Å². The maximum Gasteiger partial charge on any atom is 0.290 e. The van der Waals surface area contributed by atoms with Crippen LogP contribution in [0.25, 0.3) is 6.08 Å². The van der Waals surface area contributed by atoms with Gasteiger partial charge in [0, 0.05) is 6.54 Å². The number of nitrogens with zero attached hydrogens (tertiary/aromatic N) is 2. The maximum atomic E-state index is 13.3. The lowest BCUT2D eigenvalue weighted by Gasteiger charge is -2.27. The third-order valence-corrected chi connectivity index (χ3v) is 5.74. The Morgan fingerprint density at radius 3 is 2.59 bits per heavy atom. The highest BCUT2D eigenvalue weighted by Crippen LogP contribution is 2.39. The molecule has 180 valence electrons. The van der Waals surface area contributed by atoms with Crippen molar-refractivity contribution < 1.29 is 19.4 Å². The molecule has 0 saturated carbocycles. The van der Waals surface area contributed by atoms with E-state index in [9.17, 15) is 14.7 Å². The van der Waals surface area contributed by atoms with Gasteiger partial charge in [-0.05, 0) is 62.8 Å². The van der Waals surface area contributed by atoms with Crippen LogP contribution in [0.1, 0.15) is 43.4 Å². The summed E-state index contributed by atoms with van der Waals surface area (Å²) < 4.78 is 5.86. The molecule has 34 heavy (non-hydrogen) atoms. The van der Waals surface area contributed by atoms with Crippen molar-refractivity contribution >= 4 is 17.8 Å². The van der Waals surface area contributed by atoms with Gasteiger partial charge in [-0.25, -0.2) is 0 Å². The van der Waals surface area contributed by atoms with Gasteiger partial charge in [-0.3, -0.25) is 9.59 Å². The molecular formula is C28H34N2O4. The molecule has 1 aliphatic rings. The van der Waals surface area contributed by atoms with Crippen LogP contribution < -0.4 is 4.74 Å². The molecule has 0 spiro atoms. The molecular weight excluding hydrogens is 428 g/mol. The fourth-order valence-corrected chi connectivity index (χ4v) is 3.97. The molecule has 2 aromatic carbocycles. The van der Waals surface area contributed by atoms with Crippen LogP contribution in [0.15, 0.2) is 72.0 Å². The van der Waals surface area contributed by atoms with E-state index in [-0.39, 0.29) is 11.4 Å². The van der Waals surface area contributed by atoms with E-state index in [0.29, 0.717) is 18.9 Å². The lowest BCUT2D eigenvalue weighted by atomic mass is 9.95. The highest BCUT2D eigenvalue weighted by molar-refractivity contribution is 6.14. The summed E-state index contributed by atoms with van der Waals surface area (Å²) in [4.78, 5) is 29.9. The molecule has 1 aliphatic heterocycles. The number of aliphatic hydroxyl groups is 1. The zero-order valence-electron chi connectivity index (χ0n) is 20.2. The normalized spacial score (nSPS) is 16.2. The predicted octanol–water partition coefficient (Wildman–Crippen LogP) is 4.80. The van der Waals surface area contributed by atoms with Crippen molar-refractivity contribution in [3.63, 3.8) is 0 Å². The predicted molar refractivity (Wildman–Crippen MR) is 135 cm³/mol. The smallest absolute Gasteiger partial charge is 0.290 e. The van der Waals surface area contributed by atoms with Gasteiger partial charge in [0.25, 0.3) is 5.91 Å². The van der Waals surface area contributed by atoms with Gasteiger partial charge in [-0.15, -0.1) is 0 Å². The molecule has 0 radical (unpaired) electrons. The zero-order chi connectivity index (χ0) is 24.5.